The Labute approximate surface area is 177 Å². The van der Waals surface area contributed by atoms with E-state index in [0.29, 0.717) is 21.9 Å². The molecule has 2 heterocycles. The number of piperidine rings is 1. The molecule has 158 valence electrons. The van der Waals surface area contributed by atoms with Crippen LogP contribution >= 0.6 is 11.3 Å². The second-order valence-electron chi connectivity index (χ2n) is 7.17. The minimum atomic E-state index is -3.59. The fourth-order valence-corrected chi connectivity index (χ4v) is 6.03. The van der Waals surface area contributed by atoms with Gasteiger partial charge in [-0.1, -0.05) is 23.8 Å². The van der Waals surface area contributed by atoms with Gasteiger partial charge in [-0.05, 0) is 56.2 Å². The number of nitrogens with zero attached hydrogens (tertiary/aromatic N) is 2. The van der Waals surface area contributed by atoms with E-state index in [0.717, 1.165) is 19.3 Å². The minimum Gasteiger partial charge on any atom is -0.273 e. The number of hydrazine groups is 1. The van der Waals surface area contributed by atoms with Crippen molar-refractivity contribution in [2.45, 2.75) is 37.1 Å². The molecule has 0 radical (unpaired) electrons. The molecule has 1 aliphatic rings. The van der Waals surface area contributed by atoms with Crippen LogP contribution in [0, 0.1) is 5.82 Å². The van der Waals surface area contributed by atoms with Crippen LogP contribution in [0.2, 0.25) is 0 Å². The molecule has 0 aliphatic carbocycles. The molecule has 1 amide bonds. The summed E-state index contributed by atoms with van der Waals surface area (Å²) >= 11 is 1.21. The van der Waals surface area contributed by atoms with Gasteiger partial charge in [0.15, 0.2) is 0 Å². The fourth-order valence-electron chi connectivity index (χ4n) is 3.49. The number of hydrogen-bond acceptors (Lipinski definition) is 6. The van der Waals surface area contributed by atoms with Crippen LogP contribution in [0.1, 0.15) is 36.5 Å². The van der Waals surface area contributed by atoms with Gasteiger partial charge >= 0.3 is 0 Å². The summed E-state index contributed by atoms with van der Waals surface area (Å²) in [4.78, 5) is 16.7. The van der Waals surface area contributed by atoms with Crippen LogP contribution in [0.15, 0.2) is 47.4 Å². The summed E-state index contributed by atoms with van der Waals surface area (Å²) in [6, 6.07) is 10.5. The highest BCUT2D eigenvalue weighted by atomic mass is 32.2. The normalized spacial score (nSPS) is 17.7. The molecular weight excluding hydrogens is 427 g/mol. The van der Waals surface area contributed by atoms with Crippen LogP contribution in [0.5, 0.6) is 0 Å². The first-order valence-corrected chi connectivity index (χ1v) is 11.9. The zero-order chi connectivity index (χ0) is 21.3. The molecule has 1 aliphatic heterocycles. The average molecular weight is 449 g/mol. The number of carbonyl (C=O) groups is 1. The lowest BCUT2D eigenvalue weighted by Gasteiger charge is -2.32. The van der Waals surface area contributed by atoms with Crippen molar-refractivity contribution in [2.24, 2.45) is 0 Å². The molecule has 1 aromatic heterocycles. The lowest BCUT2D eigenvalue weighted by Crippen LogP contribution is -2.41. The van der Waals surface area contributed by atoms with E-state index in [1.165, 1.54) is 46.0 Å². The van der Waals surface area contributed by atoms with Crippen LogP contribution in [0.4, 0.5) is 9.52 Å². The third kappa shape index (κ3) is 4.03. The number of anilines is 1. The van der Waals surface area contributed by atoms with Crippen molar-refractivity contribution in [1.29, 1.82) is 0 Å². The van der Waals surface area contributed by atoms with Gasteiger partial charge in [0, 0.05) is 18.2 Å². The predicted molar refractivity (Wildman–Crippen MR) is 114 cm³/mol. The second-order valence-corrected chi connectivity index (χ2v) is 10.1. The summed E-state index contributed by atoms with van der Waals surface area (Å²) in [5.41, 5.74) is 5.71. The number of nitrogens with one attached hydrogen (secondary N) is 2. The molecule has 3 aromatic rings. The number of aromatic nitrogens is 1. The number of carbonyl (C=O) groups excluding carboxylic acids is 1. The molecule has 0 saturated carbocycles. The number of amides is 1. The number of para-hydroxylation sites is 1. The van der Waals surface area contributed by atoms with E-state index in [1.807, 2.05) is 6.92 Å². The van der Waals surface area contributed by atoms with E-state index in [2.05, 4.69) is 15.8 Å². The van der Waals surface area contributed by atoms with E-state index < -0.39 is 21.7 Å². The van der Waals surface area contributed by atoms with Crippen molar-refractivity contribution in [3.05, 3.63) is 53.8 Å². The summed E-state index contributed by atoms with van der Waals surface area (Å²) < 4.78 is 41.7. The van der Waals surface area contributed by atoms with Gasteiger partial charge in [0.1, 0.15) is 11.3 Å². The molecule has 1 saturated heterocycles. The van der Waals surface area contributed by atoms with Crippen molar-refractivity contribution in [1.82, 2.24) is 14.7 Å². The van der Waals surface area contributed by atoms with Gasteiger partial charge in [-0.25, -0.2) is 17.8 Å². The molecule has 0 unspecified atom stereocenters. The van der Waals surface area contributed by atoms with E-state index in [1.54, 1.807) is 12.1 Å². The minimum absolute atomic E-state index is 0.0328. The van der Waals surface area contributed by atoms with E-state index >= 15 is 0 Å². The molecule has 10 heteroatoms. The SMILES string of the molecule is C[C@H]1CCCCN1S(=O)(=O)c1ccc(C(=O)NNc2nc3c(F)cccc3s2)cc1. The maximum absolute atomic E-state index is 13.7. The van der Waals surface area contributed by atoms with Gasteiger partial charge in [0.25, 0.3) is 5.91 Å². The summed E-state index contributed by atoms with van der Waals surface area (Å²) in [7, 11) is -3.59. The lowest BCUT2D eigenvalue weighted by molar-refractivity contribution is 0.0962. The third-order valence-electron chi connectivity index (χ3n) is 5.12. The first-order valence-electron chi connectivity index (χ1n) is 9.59. The lowest BCUT2D eigenvalue weighted by atomic mass is 10.1. The quantitative estimate of drug-likeness (QED) is 0.580. The number of rotatable bonds is 5. The van der Waals surface area contributed by atoms with Crippen LogP contribution in [0.3, 0.4) is 0 Å². The van der Waals surface area contributed by atoms with Crippen LogP contribution in [-0.2, 0) is 10.0 Å². The molecule has 2 aromatic carbocycles. The Hall–Kier alpha value is -2.56. The van der Waals surface area contributed by atoms with Crippen molar-refractivity contribution < 1.29 is 17.6 Å². The van der Waals surface area contributed by atoms with Crippen molar-refractivity contribution in [2.75, 3.05) is 12.0 Å². The second kappa shape index (κ2) is 8.29. The fraction of sp³-hybridized carbons (Fsp3) is 0.300. The molecule has 1 fully saturated rings. The van der Waals surface area contributed by atoms with E-state index in [4.69, 9.17) is 0 Å². The van der Waals surface area contributed by atoms with Crippen LogP contribution in [0.25, 0.3) is 10.2 Å². The largest absolute Gasteiger partial charge is 0.273 e. The monoisotopic (exact) mass is 448 g/mol. The Morgan fingerprint density at radius 1 is 1.20 bits per heavy atom. The number of fused-ring (bicyclic) bond motifs is 1. The van der Waals surface area contributed by atoms with Gasteiger partial charge in [-0.15, -0.1) is 0 Å². The van der Waals surface area contributed by atoms with Crippen molar-refractivity contribution >= 4 is 42.6 Å². The number of halogens is 1. The first-order chi connectivity index (χ1) is 14.4. The van der Waals surface area contributed by atoms with Crippen LogP contribution < -0.4 is 10.9 Å². The Morgan fingerprint density at radius 3 is 2.67 bits per heavy atom. The molecular formula is C20H21FN4O3S2. The highest BCUT2D eigenvalue weighted by Crippen LogP contribution is 2.27. The number of thiazole rings is 1. The number of benzene rings is 2. The standard InChI is InChI=1S/C20H21FN4O3S2/c1-13-5-2-3-12-25(13)30(27,28)15-10-8-14(9-11-15)19(26)23-24-20-22-18-16(21)6-4-7-17(18)29-20/h4,6-11,13H,2-3,5,12H2,1H3,(H,22,24)(H,23,26)/t13-/m0/s1. The van der Waals surface area contributed by atoms with Gasteiger partial charge in [0.2, 0.25) is 15.2 Å². The maximum Gasteiger partial charge on any atom is 0.269 e. The molecule has 4 rings (SSSR count). The summed E-state index contributed by atoms with van der Waals surface area (Å²) in [5.74, 6) is -0.882. The zero-order valence-electron chi connectivity index (χ0n) is 16.3. The van der Waals surface area contributed by atoms with Gasteiger partial charge in [-0.3, -0.25) is 15.6 Å². The van der Waals surface area contributed by atoms with Gasteiger partial charge in [-0.2, -0.15) is 4.31 Å². The Kier molecular flexibility index (Phi) is 5.72. The number of hydrogen-bond donors (Lipinski definition) is 2. The topological polar surface area (TPSA) is 91.4 Å². The summed E-state index contributed by atoms with van der Waals surface area (Å²) in [6.07, 6.45) is 2.73. The number of sulfonamides is 1. The summed E-state index contributed by atoms with van der Waals surface area (Å²) in [5, 5.41) is 0.349. The third-order valence-corrected chi connectivity index (χ3v) is 8.08. The maximum atomic E-state index is 13.7. The van der Waals surface area contributed by atoms with Crippen molar-refractivity contribution in [3.63, 3.8) is 0 Å². The highest BCUT2D eigenvalue weighted by molar-refractivity contribution is 7.89. The molecule has 1 atom stereocenters. The van der Waals surface area contributed by atoms with Crippen LogP contribution in [-0.4, -0.2) is 36.2 Å². The van der Waals surface area contributed by atoms with E-state index in [-0.39, 0.29) is 16.5 Å². The molecule has 0 bridgehead atoms. The van der Waals surface area contributed by atoms with Crippen molar-refractivity contribution in [3.8, 4) is 0 Å². The van der Waals surface area contributed by atoms with E-state index in [9.17, 15) is 17.6 Å². The van der Waals surface area contributed by atoms with Gasteiger partial charge in [0.05, 0.1) is 9.60 Å². The molecule has 0 spiro atoms. The average Bonchev–Trinajstić information content (AvgIpc) is 3.17. The Bertz CT molecular complexity index is 1180. The molecule has 2 N–H and O–H groups in total. The molecule has 30 heavy (non-hydrogen) atoms. The first kappa shape index (κ1) is 20.7. The summed E-state index contributed by atoms with van der Waals surface area (Å²) in [6.45, 7) is 2.43. The van der Waals surface area contributed by atoms with Gasteiger partial charge < -0.3 is 0 Å². The highest BCUT2D eigenvalue weighted by Gasteiger charge is 2.30. The zero-order valence-corrected chi connectivity index (χ0v) is 17.9. The Balaban J connectivity index is 1.44. The Morgan fingerprint density at radius 2 is 1.97 bits per heavy atom. The molecule has 7 nitrogen and oxygen atoms in total. The predicted octanol–water partition coefficient (Wildman–Crippen LogP) is 3.76. The smallest absolute Gasteiger partial charge is 0.269 e.